The predicted molar refractivity (Wildman–Crippen MR) is 79.9 cm³/mol. The number of sulfonamides is 1. The van der Waals surface area contributed by atoms with E-state index in [-0.39, 0.29) is 16.0 Å². The topological polar surface area (TPSA) is 71.3 Å². The zero-order valence-electron chi connectivity index (χ0n) is 13.2. The third-order valence-electron chi connectivity index (χ3n) is 2.49. The van der Waals surface area contributed by atoms with Gasteiger partial charge in [-0.2, -0.15) is 0 Å². The van der Waals surface area contributed by atoms with E-state index in [1.165, 1.54) is 6.07 Å². The van der Waals surface area contributed by atoms with E-state index in [1.807, 2.05) is 41.5 Å². The van der Waals surface area contributed by atoms with Gasteiger partial charge in [-0.05, 0) is 38.3 Å². The predicted octanol–water partition coefficient (Wildman–Crippen LogP) is 2.49. The Morgan fingerprint density at radius 2 is 1.70 bits per heavy atom. The molecule has 1 rings (SSSR count). The Kier molecular flexibility index (Phi) is 5.05. The molecular weight excluding hydrogens is 276 g/mol. The van der Waals surface area contributed by atoms with Gasteiger partial charge in [0, 0.05) is 12.1 Å². The van der Waals surface area contributed by atoms with Crippen LogP contribution in [0.3, 0.4) is 0 Å². The molecule has 6 heteroatoms. The lowest BCUT2D eigenvalue weighted by atomic mass is 9.98. The van der Waals surface area contributed by atoms with E-state index in [0.717, 1.165) is 0 Å². The van der Waals surface area contributed by atoms with Gasteiger partial charge in [0.1, 0.15) is 5.76 Å². The highest BCUT2D eigenvalue weighted by Crippen LogP contribution is 2.17. The third-order valence-corrected chi connectivity index (χ3v) is 3.76. The highest BCUT2D eigenvalue weighted by Gasteiger charge is 2.22. The molecule has 0 spiro atoms. The van der Waals surface area contributed by atoms with E-state index in [9.17, 15) is 8.42 Å². The molecule has 0 saturated heterocycles. The van der Waals surface area contributed by atoms with Gasteiger partial charge in [0.05, 0.1) is 6.54 Å². The quantitative estimate of drug-likeness (QED) is 0.876. The van der Waals surface area contributed by atoms with Gasteiger partial charge in [-0.25, -0.2) is 13.1 Å². The van der Waals surface area contributed by atoms with E-state index in [4.69, 9.17) is 4.42 Å². The number of rotatable bonds is 5. The van der Waals surface area contributed by atoms with Crippen LogP contribution < -0.4 is 10.0 Å². The zero-order chi connectivity index (χ0) is 15.6. The van der Waals surface area contributed by atoms with Crippen LogP contribution in [-0.4, -0.2) is 20.5 Å². The van der Waals surface area contributed by atoms with Crippen LogP contribution >= 0.6 is 0 Å². The second kappa shape index (κ2) is 5.87. The molecule has 1 heterocycles. The molecule has 5 nitrogen and oxygen atoms in total. The van der Waals surface area contributed by atoms with E-state index in [0.29, 0.717) is 18.8 Å². The molecule has 0 aliphatic heterocycles. The largest absolute Gasteiger partial charge is 0.447 e. The van der Waals surface area contributed by atoms with Gasteiger partial charge in [0.15, 0.2) is 0 Å². The summed E-state index contributed by atoms with van der Waals surface area (Å²) in [5.41, 5.74) is -0.160. The molecule has 0 bridgehead atoms. The van der Waals surface area contributed by atoms with Gasteiger partial charge in [-0.3, -0.25) is 0 Å². The number of hydrogen-bond donors (Lipinski definition) is 2. The summed E-state index contributed by atoms with van der Waals surface area (Å²) in [6, 6.07) is 3.18. The lowest BCUT2D eigenvalue weighted by Gasteiger charge is -2.19. The molecule has 0 atom stereocenters. The van der Waals surface area contributed by atoms with Crippen molar-refractivity contribution in [1.82, 2.24) is 10.0 Å². The minimum atomic E-state index is -3.57. The van der Waals surface area contributed by atoms with Crippen LogP contribution in [0.1, 0.15) is 47.3 Å². The maximum atomic E-state index is 12.1. The normalized spacial score (nSPS) is 13.7. The van der Waals surface area contributed by atoms with Crippen LogP contribution in [0.15, 0.2) is 21.6 Å². The second-order valence-corrected chi connectivity index (χ2v) is 8.91. The molecule has 2 N–H and O–H groups in total. The maximum Gasteiger partial charge on any atom is 0.273 e. The van der Waals surface area contributed by atoms with Gasteiger partial charge in [-0.15, -0.1) is 0 Å². The number of nitrogens with one attached hydrogen (secondary N) is 2. The Morgan fingerprint density at radius 1 is 1.10 bits per heavy atom. The average molecular weight is 302 g/mol. The molecule has 0 fully saturated rings. The summed E-state index contributed by atoms with van der Waals surface area (Å²) in [7, 11) is -3.57. The van der Waals surface area contributed by atoms with Crippen molar-refractivity contribution >= 4 is 10.0 Å². The van der Waals surface area contributed by atoms with Crippen LogP contribution in [0.25, 0.3) is 0 Å². The van der Waals surface area contributed by atoms with Crippen molar-refractivity contribution in [3.05, 3.63) is 17.9 Å². The van der Waals surface area contributed by atoms with Crippen molar-refractivity contribution in [2.45, 2.75) is 58.7 Å². The fourth-order valence-electron chi connectivity index (χ4n) is 1.33. The summed E-state index contributed by atoms with van der Waals surface area (Å²) in [6.07, 6.45) is 0. The van der Waals surface area contributed by atoms with Crippen LogP contribution in [0.5, 0.6) is 0 Å². The second-order valence-electron chi connectivity index (χ2n) is 7.21. The van der Waals surface area contributed by atoms with Crippen molar-refractivity contribution in [1.29, 1.82) is 0 Å². The van der Waals surface area contributed by atoms with Gasteiger partial charge in [0.2, 0.25) is 5.09 Å². The lowest BCUT2D eigenvalue weighted by Crippen LogP contribution is -2.35. The highest BCUT2D eigenvalue weighted by molar-refractivity contribution is 7.89. The Bertz CT molecular complexity index is 534. The first-order chi connectivity index (χ1) is 8.89. The minimum Gasteiger partial charge on any atom is -0.447 e. The van der Waals surface area contributed by atoms with E-state index < -0.39 is 10.0 Å². The van der Waals surface area contributed by atoms with Gasteiger partial charge < -0.3 is 9.73 Å². The van der Waals surface area contributed by atoms with Gasteiger partial charge in [0.25, 0.3) is 10.0 Å². The smallest absolute Gasteiger partial charge is 0.273 e. The van der Waals surface area contributed by atoms with Gasteiger partial charge in [-0.1, -0.05) is 20.8 Å². The standard InChI is InChI=1S/C14H26N2O3S/c1-13(2,3)10-16-20(17,18)12-8-7-11(19-12)9-15-14(4,5)6/h7-8,15-16H,9-10H2,1-6H3. The molecule has 1 aromatic rings. The summed E-state index contributed by atoms with van der Waals surface area (Å²) >= 11 is 0. The Hall–Kier alpha value is -0.850. The van der Waals surface area contributed by atoms with Crippen molar-refractivity contribution < 1.29 is 12.8 Å². The SMILES string of the molecule is CC(C)(C)CNS(=O)(=O)c1ccc(CNC(C)(C)C)o1. The van der Waals surface area contributed by atoms with Gasteiger partial charge >= 0.3 is 0 Å². The fraction of sp³-hybridized carbons (Fsp3) is 0.714. The Morgan fingerprint density at radius 3 is 2.20 bits per heavy atom. The van der Waals surface area contributed by atoms with E-state index in [2.05, 4.69) is 10.0 Å². The first kappa shape index (κ1) is 17.2. The summed E-state index contributed by atoms with van der Waals surface area (Å²) in [5.74, 6) is 0.607. The molecule has 0 saturated carbocycles. The molecule has 0 aromatic carbocycles. The molecular formula is C14H26N2O3S. The fourth-order valence-corrected chi connectivity index (χ4v) is 2.56. The zero-order valence-corrected chi connectivity index (χ0v) is 14.0. The first-order valence-corrected chi connectivity index (χ1v) is 8.21. The molecule has 0 amide bonds. The molecule has 0 aliphatic rings. The van der Waals surface area contributed by atoms with Crippen LogP contribution in [0, 0.1) is 5.41 Å². The van der Waals surface area contributed by atoms with Crippen LogP contribution in [0.4, 0.5) is 0 Å². The maximum absolute atomic E-state index is 12.1. The molecule has 0 aliphatic carbocycles. The van der Waals surface area contributed by atoms with Crippen molar-refractivity contribution in [3.63, 3.8) is 0 Å². The molecule has 0 unspecified atom stereocenters. The summed E-state index contributed by atoms with van der Waals surface area (Å²) in [6.45, 7) is 12.9. The molecule has 0 radical (unpaired) electrons. The number of furan rings is 1. The Labute approximate surface area is 122 Å². The average Bonchev–Trinajstić information content (AvgIpc) is 2.71. The van der Waals surface area contributed by atoms with E-state index in [1.54, 1.807) is 6.07 Å². The third kappa shape index (κ3) is 6.07. The first-order valence-electron chi connectivity index (χ1n) is 6.72. The minimum absolute atomic E-state index is 0.0348. The monoisotopic (exact) mass is 302 g/mol. The van der Waals surface area contributed by atoms with Crippen molar-refractivity contribution in [2.24, 2.45) is 5.41 Å². The summed E-state index contributed by atoms with van der Waals surface area (Å²) < 4.78 is 32.1. The van der Waals surface area contributed by atoms with E-state index >= 15 is 0 Å². The Balaban J connectivity index is 2.71. The summed E-state index contributed by atoms with van der Waals surface area (Å²) in [5, 5.41) is 3.22. The molecule has 20 heavy (non-hydrogen) atoms. The van der Waals surface area contributed by atoms with Crippen molar-refractivity contribution in [3.8, 4) is 0 Å². The lowest BCUT2D eigenvalue weighted by molar-refractivity contribution is 0.356. The number of hydrogen-bond acceptors (Lipinski definition) is 4. The van der Waals surface area contributed by atoms with Crippen LogP contribution in [-0.2, 0) is 16.6 Å². The van der Waals surface area contributed by atoms with Crippen LogP contribution in [0.2, 0.25) is 0 Å². The van der Waals surface area contributed by atoms with Crippen molar-refractivity contribution in [2.75, 3.05) is 6.54 Å². The highest BCUT2D eigenvalue weighted by atomic mass is 32.2. The molecule has 116 valence electrons. The summed E-state index contributed by atoms with van der Waals surface area (Å²) in [4.78, 5) is 0. The molecule has 1 aromatic heterocycles.